The van der Waals surface area contributed by atoms with Crippen LogP contribution in [0, 0.1) is 0 Å². The lowest BCUT2D eigenvalue weighted by molar-refractivity contribution is 0.0278. The van der Waals surface area contributed by atoms with E-state index in [0.29, 0.717) is 0 Å². The molecule has 0 spiro atoms. The highest BCUT2D eigenvalue weighted by Crippen LogP contribution is 2.18. The van der Waals surface area contributed by atoms with Crippen molar-refractivity contribution in [1.82, 2.24) is 10.3 Å². The topological polar surface area (TPSA) is 34.2 Å². The van der Waals surface area contributed by atoms with Crippen LogP contribution in [-0.4, -0.2) is 23.7 Å². The molecule has 0 saturated carbocycles. The Morgan fingerprint density at radius 2 is 2.53 bits per heavy atom. The second-order valence-corrected chi connectivity index (χ2v) is 4.43. The van der Waals surface area contributed by atoms with Gasteiger partial charge in [-0.05, 0) is 31.4 Å². The number of aromatic nitrogens is 1. The average Bonchev–Trinajstić information content (AvgIpc) is 2.29. The summed E-state index contributed by atoms with van der Waals surface area (Å²) < 4.78 is 5.50. The molecule has 0 amide bonds. The summed E-state index contributed by atoms with van der Waals surface area (Å²) in [4.78, 5) is 4.10. The molecule has 0 radical (unpaired) electrons. The Morgan fingerprint density at radius 1 is 1.60 bits per heavy atom. The third-order valence-electron chi connectivity index (χ3n) is 2.88. The van der Waals surface area contributed by atoms with Crippen molar-refractivity contribution in [3.63, 3.8) is 0 Å². The predicted octanol–water partition coefficient (Wildman–Crippen LogP) is 1.74. The van der Waals surface area contributed by atoms with Crippen molar-refractivity contribution in [2.75, 3.05) is 13.2 Å². The van der Waals surface area contributed by atoms with Gasteiger partial charge in [0.15, 0.2) is 0 Å². The molecular weight excluding hydrogens is 188 g/mol. The van der Waals surface area contributed by atoms with Crippen molar-refractivity contribution in [3.8, 4) is 0 Å². The van der Waals surface area contributed by atoms with Gasteiger partial charge in [0.2, 0.25) is 0 Å². The molecule has 1 aromatic heterocycles. The number of rotatable bonds is 3. The van der Waals surface area contributed by atoms with Gasteiger partial charge >= 0.3 is 0 Å². The van der Waals surface area contributed by atoms with Gasteiger partial charge in [-0.1, -0.05) is 6.07 Å². The summed E-state index contributed by atoms with van der Waals surface area (Å²) in [6, 6.07) is 4.06. The molecule has 1 N–H and O–H groups in total. The molecule has 82 valence electrons. The first-order chi connectivity index (χ1) is 7.29. The van der Waals surface area contributed by atoms with Gasteiger partial charge in [0, 0.05) is 31.1 Å². The standard InChI is InChI=1S/C12H18N2O/c1-12(5-3-7-15-10-12)14-9-11-4-2-6-13-8-11/h2,4,6,8,14H,3,5,7,9-10H2,1H3. The van der Waals surface area contributed by atoms with Crippen LogP contribution >= 0.6 is 0 Å². The number of nitrogens with zero attached hydrogens (tertiary/aromatic N) is 1. The summed E-state index contributed by atoms with van der Waals surface area (Å²) in [5, 5.41) is 3.55. The van der Waals surface area contributed by atoms with Gasteiger partial charge in [-0.2, -0.15) is 0 Å². The van der Waals surface area contributed by atoms with E-state index in [4.69, 9.17) is 4.74 Å². The van der Waals surface area contributed by atoms with Crippen molar-refractivity contribution in [3.05, 3.63) is 30.1 Å². The van der Waals surface area contributed by atoms with Gasteiger partial charge in [0.05, 0.1) is 6.61 Å². The van der Waals surface area contributed by atoms with Crippen LogP contribution in [0.15, 0.2) is 24.5 Å². The summed E-state index contributed by atoms with van der Waals surface area (Å²) in [7, 11) is 0. The first kappa shape index (κ1) is 10.6. The molecule has 0 aromatic carbocycles. The van der Waals surface area contributed by atoms with Crippen molar-refractivity contribution < 1.29 is 4.74 Å². The monoisotopic (exact) mass is 206 g/mol. The van der Waals surface area contributed by atoms with Gasteiger partial charge in [0.1, 0.15) is 0 Å². The molecule has 1 saturated heterocycles. The van der Waals surface area contributed by atoms with E-state index in [9.17, 15) is 0 Å². The van der Waals surface area contributed by atoms with E-state index >= 15 is 0 Å². The third-order valence-corrected chi connectivity index (χ3v) is 2.88. The zero-order valence-corrected chi connectivity index (χ0v) is 9.20. The van der Waals surface area contributed by atoms with E-state index < -0.39 is 0 Å². The summed E-state index contributed by atoms with van der Waals surface area (Å²) in [5.74, 6) is 0. The maximum Gasteiger partial charge on any atom is 0.0645 e. The van der Waals surface area contributed by atoms with Crippen LogP contribution in [-0.2, 0) is 11.3 Å². The second kappa shape index (κ2) is 4.73. The van der Waals surface area contributed by atoms with Crippen molar-refractivity contribution in [2.24, 2.45) is 0 Å². The summed E-state index contributed by atoms with van der Waals surface area (Å²) >= 11 is 0. The smallest absolute Gasteiger partial charge is 0.0645 e. The number of ether oxygens (including phenoxy) is 1. The molecule has 1 aliphatic rings. The van der Waals surface area contributed by atoms with E-state index in [-0.39, 0.29) is 5.54 Å². The minimum Gasteiger partial charge on any atom is -0.380 e. The maximum absolute atomic E-state index is 5.50. The van der Waals surface area contributed by atoms with E-state index in [0.717, 1.165) is 26.2 Å². The van der Waals surface area contributed by atoms with E-state index in [1.54, 1.807) is 6.20 Å². The van der Waals surface area contributed by atoms with Gasteiger partial charge in [0.25, 0.3) is 0 Å². The Bertz CT molecular complexity index is 294. The number of hydrogen-bond acceptors (Lipinski definition) is 3. The van der Waals surface area contributed by atoms with Crippen molar-refractivity contribution in [2.45, 2.75) is 31.8 Å². The molecule has 2 rings (SSSR count). The largest absolute Gasteiger partial charge is 0.380 e. The quantitative estimate of drug-likeness (QED) is 0.818. The summed E-state index contributed by atoms with van der Waals surface area (Å²) in [6.07, 6.45) is 6.04. The molecule has 1 atom stereocenters. The number of nitrogens with one attached hydrogen (secondary N) is 1. The fourth-order valence-electron chi connectivity index (χ4n) is 1.89. The fraction of sp³-hybridized carbons (Fsp3) is 0.583. The lowest BCUT2D eigenvalue weighted by Gasteiger charge is -2.34. The molecule has 1 aliphatic heterocycles. The normalized spacial score (nSPS) is 26.5. The van der Waals surface area contributed by atoms with Crippen LogP contribution in [0.1, 0.15) is 25.3 Å². The molecule has 1 aromatic rings. The van der Waals surface area contributed by atoms with Crippen LogP contribution in [0.25, 0.3) is 0 Å². The van der Waals surface area contributed by atoms with Crippen LogP contribution < -0.4 is 5.32 Å². The fourth-order valence-corrected chi connectivity index (χ4v) is 1.89. The van der Waals surface area contributed by atoms with Crippen LogP contribution in [0.5, 0.6) is 0 Å². The van der Waals surface area contributed by atoms with Gasteiger partial charge in [-0.25, -0.2) is 0 Å². The molecule has 3 heteroatoms. The van der Waals surface area contributed by atoms with E-state index in [1.165, 1.54) is 12.0 Å². The Kier molecular flexibility index (Phi) is 3.34. The van der Waals surface area contributed by atoms with Gasteiger partial charge in [-0.3, -0.25) is 4.98 Å². The summed E-state index contributed by atoms with van der Waals surface area (Å²) in [6.45, 7) is 4.81. The second-order valence-electron chi connectivity index (χ2n) is 4.43. The number of pyridine rings is 1. The first-order valence-electron chi connectivity index (χ1n) is 5.50. The van der Waals surface area contributed by atoms with Crippen molar-refractivity contribution in [1.29, 1.82) is 0 Å². The van der Waals surface area contributed by atoms with Gasteiger partial charge < -0.3 is 10.1 Å². The highest BCUT2D eigenvalue weighted by Gasteiger charge is 2.26. The lowest BCUT2D eigenvalue weighted by Crippen LogP contribution is -2.48. The number of hydrogen-bond donors (Lipinski definition) is 1. The van der Waals surface area contributed by atoms with Gasteiger partial charge in [-0.15, -0.1) is 0 Å². The Hall–Kier alpha value is -0.930. The van der Waals surface area contributed by atoms with Crippen LogP contribution in [0.3, 0.4) is 0 Å². The molecular formula is C12H18N2O. The average molecular weight is 206 g/mol. The molecule has 1 unspecified atom stereocenters. The highest BCUT2D eigenvalue weighted by molar-refractivity contribution is 5.08. The molecule has 3 nitrogen and oxygen atoms in total. The Morgan fingerprint density at radius 3 is 3.20 bits per heavy atom. The van der Waals surface area contributed by atoms with Crippen LogP contribution in [0.2, 0.25) is 0 Å². The van der Waals surface area contributed by atoms with E-state index in [1.807, 2.05) is 12.3 Å². The Balaban J connectivity index is 1.87. The molecule has 0 bridgehead atoms. The minimum absolute atomic E-state index is 0.133. The lowest BCUT2D eigenvalue weighted by atomic mass is 9.95. The van der Waals surface area contributed by atoms with Crippen molar-refractivity contribution >= 4 is 0 Å². The first-order valence-corrected chi connectivity index (χ1v) is 5.50. The molecule has 15 heavy (non-hydrogen) atoms. The highest BCUT2D eigenvalue weighted by atomic mass is 16.5. The zero-order chi connectivity index (χ0) is 10.6. The molecule has 2 heterocycles. The maximum atomic E-state index is 5.50. The van der Waals surface area contributed by atoms with E-state index in [2.05, 4.69) is 23.3 Å². The molecule has 1 fully saturated rings. The Labute approximate surface area is 90.9 Å². The third kappa shape index (κ3) is 3.01. The predicted molar refractivity (Wildman–Crippen MR) is 59.5 cm³/mol. The SMILES string of the molecule is CC1(NCc2cccnc2)CCCOC1. The van der Waals surface area contributed by atoms with Crippen LogP contribution in [0.4, 0.5) is 0 Å². The minimum atomic E-state index is 0.133. The zero-order valence-electron chi connectivity index (χ0n) is 9.20. The summed E-state index contributed by atoms with van der Waals surface area (Å²) in [5.41, 5.74) is 1.36. The molecule has 0 aliphatic carbocycles.